The van der Waals surface area contributed by atoms with Crippen LogP contribution < -0.4 is 0 Å². The minimum atomic E-state index is -0.0632. The highest BCUT2D eigenvalue weighted by molar-refractivity contribution is 5.66. The van der Waals surface area contributed by atoms with Crippen molar-refractivity contribution in [1.82, 2.24) is 0 Å². The number of carbonyl (C=O) groups is 1. The molecule has 1 fully saturated rings. The molecular weight excluding hydrogens is 260 g/mol. The molecule has 0 radical (unpaired) electrons. The average molecular weight is 288 g/mol. The molecule has 0 saturated heterocycles. The molecule has 0 aliphatic heterocycles. The van der Waals surface area contributed by atoms with Gasteiger partial charge in [0, 0.05) is 24.4 Å². The molecule has 1 aliphatic rings. The Balaban J connectivity index is 2.46. The van der Waals surface area contributed by atoms with Crippen molar-refractivity contribution in [3.63, 3.8) is 0 Å². The van der Waals surface area contributed by atoms with Crippen LogP contribution in [0.3, 0.4) is 0 Å². The molecule has 0 bridgehead atoms. The summed E-state index contributed by atoms with van der Waals surface area (Å²) in [5.41, 5.74) is 3.97. The molecule has 0 amide bonds. The van der Waals surface area contributed by atoms with E-state index in [1.54, 1.807) is 7.11 Å². The van der Waals surface area contributed by atoms with E-state index in [9.17, 15) is 4.79 Å². The summed E-state index contributed by atoms with van der Waals surface area (Å²) in [5.74, 6) is 1.39. The molecule has 1 aromatic rings. The Bertz CT molecular complexity index is 492. The largest absolute Gasteiger partial charge is 0.384 e. The van der Waals surface area contributed by atoms with Gasteiger partial charge in [-0.3, -0.25) is 0 Å². The summed E-state index contributed by atoms with van der Waals surface area (Å²) in [4.78, 5) is 11.4. The molecule has 2 nitrogen and oxygen atoms in total. The van der Waals surface area contributed by atoms with Crippen LogP contribution in [0.4, 0.5) is 0 Å². The molecule has 3 atom stereocenters. The number of hydrogen-bond acceptors (Lipinski definition) is 2. The fraction of sp³-hybridized carbons (Fsp3) is 0.632. The zero-order chi connectivity index (χ0) is 15.8. The lowest BCUT2D eigenvalue weighted by atomic mass is 9.86. The zero-order valence-electron chi connectivity index (χ0n) is 14.1. The Morgan fingerprint density at radius 2 is 1.67 bits per heavy atom. The highest BCUT2D eigenvalue weighted by atomic mass is 16.5. The molecule has 116 valence electrons. The van der Waals surface area contributed by atoms with E-state index in [1.807, 2.05) is 0 Å². The van der Waals surface area contributed by atoms with Crippen molar-refractivity contribution in [3.05, 3.63) is 34.9 Å². The molecule has 0 spiro atoms. The van der Waals surface area contributed by atoms with Crippen LogP contribution in [0.25, 0.3) is 0 Å². The minimum absolute atomic E-state index is 0.0632. The number of ether oxygens (including phenoxy) is 1. The first kappa shape index (κ1) is 16.2. The summed E-state index contributed by atoms with van der Waals surface area (Å²) in [6.45, 7) is 11.8. The molecule has 2 heteroatoms. The third-order valence-corrected chi connectivity index (χ3v) is 5.21. The zero-order valence-corrected chi connectivity index (χ0v) is 14.1. The summed E-state index contributed by atoms with van der Waals surface area (Å²) in [6, 6.07) is 6.90. The van der Waals surface area contributed by atoms with E-state index in [4.69, 9.17) is 4.74 Å². The van der Waals surface area contributed by atoms with Crippen molar-refractivity contribution in [2.24, 2.45) is 11.8 Å². The van der Waals surface area contributed by atoms with Crippen molar-refractivity contribution < 1.29 is 9.53 Å². The van der Waals surface area contributed by atoms with E-state index in [1.165, 1.54) is 16.7 Å². The molecule has 1 saturated carbocycles. The maximum atomic E-state index is 11.4. The van der Waals surface area contributed by atoms with Crippen molar-refractivity contribution in [3.8, 4) is 0 Å². The first-order chi connectivity index (χ1) is 9.86. The first-order valence-electron chi connectivity index (χ1n) is 7.95. The Kier molecular flexibility index (Phi) is 4.57. The molecule has 0 N–H and O–H groups in total. The monoisotopic (exact) mass is 288 g/mol. The van der Waals surface area contributed by atoms with Crippen molar-refractivity contribution in [1.29, 1.82) is 0 Å². The smallest absolute Gasteiger partial charge is 0.124 e. The maximum Gasteiger partial charge on any atom is 0.124 e. The van der Waals surface area contributed by atoms with E-state index >= 15 is 0 Å². The molecular formula is C19H28O2. The number of carbonyl (C=O) groups excluding carboxylic acids is 1. The Morgan fingerprint density at radius 3 is 2.05 bits per heavy atom. The van der Waals surface area contributed by atoms with Crippen LogP contribution in [0.1, 0.15) is 63.1 Å². The second-order valence-electron chi connectivity index (χ2n) is 7.20. The SMILES string of the molecule is COCC1C(C=O)C1(C)c1cc(C(C)C)cc(C(C)C)c1. The van der Waals surface area contributed by atoms with E-state index in [-0.39, 0.29) is 11.3 Å². The van der Waals surface area contributed by atoms with E-state index < -0.39 is 0 Å². The van der Waals surface area contributed by atoms with Gasteiger partial charge < -0.3 is 9.53 Å². The van der Waals surface area contributed by atoms with Gasteiger partial charge in [-0.1, -0.05) is 52.8 Å². The van der Waals surface area contributed by atoms with Gasteiger partial charge in [0.05, 0.1) is 6.61 Å². The second-order valence-corrected chi connectivity index (χ2v) is 7.20. The van der Waals surface area contributed by atoms with Gasteiger partial charge >= 0.3 is 0 Å². The fourth-order valence-corrected chi connectivity index (χ4v) is 3.39. The quantitative estimate of drug-likeness (QED) is 0.730. The lowest BCUT2D eigenvalue weighted by molar-refractivity contribution is -0.109. The van der Waals surface area contributed by atoms with E-state index in [0.717, 1.165) is 6.29 Å². The molecule has 21 heavy (non-hydrogen) atoms. The van der Waals surface area contributed by atoms with E-state index in [2.05, 4.69) is 52.8 Å². The Labute approximate surface area is 128 Å². The second kappa shape index (κ2) is 5.92. The Hall–Kier alpha value is -1.15. The summed E-state index contributed by atoms with van der Waals surface area (Å²) < 4.78 is 5.31. The van der Waals surface area contributed by atoms with Gasteiger partial charge in [-0.25, -0.2) is 0 Å². The normalized spacial score (nSPS) is 28.2. The fourth-order valence-electron chi connectivity index (χ4n) is 3.39. The first-order valence-corrected chi connectivity index (χ1v) is 7.95. The summed E-state index contributed by atoms with van der Waals surface area (Å²) >= 11 is 0. The minimum Gasteiger partial charge on any atom is -0.384 e. The lowest BCUT2D eigenvalue weighted by Crippen LogP contribution is -2.11. The van der Waals surface area contributed by atoms with Gasteiger partial charge in [0.15, 0.2) is 0 Å². The number of hydrogen-bond donors (Lipinski definition) is 0. The van der Waals surface area contributed by atoms with Gasteiger partial charge in [-0.2, -0.15) is 0 Å². The lowest BCUT2D eigenvalue weighted by Gasteiger charge is -2.19. The van der Waals surface area contributed by atoms with Crippen LogP contribution in [-0.2, 0) is 14.9 Å². The van der Waals surface area contributed by atoms with Gasteiger partial charge in [0.1, 0.15) is 6.29 Å². The van der Waals surface area contributed by atoms with E-state index in [0.29, 0.717) is 24.4 Å². The van der Waals surface area contributed by atoms with Gasteiger partial charge in [0.2, 0.25) is 0 Å². The van der Waals surface area contributed by atoms with Crippen molar-refractivity contribution in [2.45, 2.75) is 51.9 Å². The van der Waals surface area contributed by atoms with Crippen LogP contribution in [0, 0.1) is 11.8 Å². The number of rotatable bonds is 6. The number of benzene rings is 1. The van der Waals surface area contributed by atoms with Crippen LogP contribution in [-0.4, -0.2) is 20.0 Å². The predicted octanol–water partition coefficient (Wildman–Crippen LogP) is 4.28. The molecule has 0 heterocycles. The number of aldehydes is 1. The van der Waals surface area contributed by atoms with Crippen molar-refractivity contribution >= 4 is 6.29 Å². The third-order valence-electron chi connectivity index (χ3n) is 5.21. The highest BCUT2D eigenvalue weighted by Gasteiger charge is 2.62. The topological polar surface area (TPSA) is 26.3 Å². The molecule has 0 aromatic heterocycles. The Morgan fingerprint density at radius 1 is 1.14 bits per heavy atom. The maximum absolute atomic E-state index is 11.4. The molecule has 2 rings (SSSR count). The van der Waals surface area contributed by atoms with Gasteiger partial charge in [-0.15, -0.1) is 0 Å². The standard InChI is InChI=1S/C19H28O2/c1-12(2)14-7-15(13(3)4)9-16(8-14)19(5)17(10-20)18(19)11-21-6/h7-10,12-13,17-18H,11H2,1-6H3. The van der Waals surface area contributed by atoms with Crippen LogP contribution in [0.15, 0.2) is 18.2 Å². The van der Waals surface area contributed by atoms with Gasteiger partial charge in [-0.05, 0) is 28.5 Å². The summed E-state index contributed by atoms with van der Waals surface area (Å²) in [5, 5.41) is 0. The van der Waals surface area contributed by atoms with Crippen LogP contribution in [0.5, 0.6) is 0 Å². The van der Waals surface area contributed by atoms with Gasteiger partial charge in [0.25, 0.3) is 0 Å². The molecule has 1 aliphatic carbocycles. The van der Waals surface area contributed by atoms with Crippen molar-refractivity contribution in [2.75, 3.05) is 13.7 Å². The summed E-state index contributed by atoms with van der Waals surface area (Å²) in [7, 11) is 1.71. The predicted molar refractivity (Wildman–Crippen MR) is 86.9 cm³/mol. The number of methoxy groups -OCH3 is 1. The summed E-state index contributed by atoms with van der Waals surface area (Å²) in [6.07, 6.45) is 1.11. The highest BCUT2D eigenvalue weighted by Crippen LogP contribution is 2.59. The molecule has 1 aromatic carbocycles. The van der Waals surface area contributed by atoms with Crippen LogP contribution in [0.2, 0.25) is 0 Å². The van der Waals surface area contributed by atoms with Crippen LogP contribution >= 0.6 is 0 Å². The third kappa shape index (κ3) is 2.78. The average Bonchev–Trinajstić information content (AvgIpc) is 3.03. The molecule has 3 unspecified atom stereocenters.